The number of carbonyl (C=O) groups excluding carboxylic acids is 2. The van der Waals surface area contributed by atoms with Crippen molar-refractivity contribution < 1.29 is 19.1 Å². The largest absolute Gasteiger partial charge is 0.486 e. The minimum absolute atomic E-state index is 0.0310. The molecule has 2 aromatic carbocycles. The Balaban J connectivity index is 1.78. The lowest BCUT2D eigenvalue weighted by Gasteiger charge is -2.12. The van der Waals surface area contributed by atoms with Gasteiger partial charge in [0.1, 0.15) is 11.9 Å². The Hall–Kier alpha value is -2.53. The average molecular weight is 388 g/mol. The van der Waals surface area contributed by atoms with Crippen molar-refractivity contribution in [1.29, 1.82) is 0 Å². The summed E-state index contributed by atoms with van der Waals surface area (Å²) in [5.41, 5.74) is 3.26. The molecule has 1 unspecified atom stereocenters. The molecule has 2 aromatic rings. The minimum Gasteiger partial charge on any atom is -0.486 e. The number of ether oxygens (including phenoxy) is 2. The van der Waals surface area contributed by atoms with Crippen LogP contribution in [0.1, 0.15) is 35.7 Å². The van der Waals surface area contributed by atoms with Crippen molar-refractivity contribution in [3.05, 3.63) is 52.5 Å². The van der Waals surface area contributed by atoms with Gasteiger partial charge < -0.3 is 14.8 Å². The third-order valence-electron chi connectivity index (χ3n) is 4.47. The molecule has 1 heterocycles. The molecule has 142 valence electrons. The summed E-state index contributed by atoms with van der Waals surface area (Å²) in [5.74, 6) is 0.318. The van der Waals surface area contributed by atoms with E-state index < -0.39 is 0 Å². The first-order valence-corrected chi connectivity index (χ1v) is 9.34. The number of esters is 1. The van der Waals surface area contributed by atoms with E-state index in [4.69, 9.17) is 21.1 Å². The van der Waals surface area contributed by atoms with E-state index in [1.807, 2.05) is 31.2 Å². The summed E-state index contributed by atoms with van der Waals surface area (Å²) in [6, 6.07) is 11.1. The maximum absolute atomic E-state index is 11.8. The van der Waals surface area contributed by atoms with Gasteiger partial charge in [0, 0.05) is 18.4 Å². The molecule has 1 aliphatic heterocycles. The Morgan fingerprint density at radius 3 is 2.81 bits per heavy atom. The molecule has 27 heavy (non-hydrogen) atoms. The molecule has 1 N–H and O–H groups in total. The van der Waals surface area contributed by atoms with E-state index in [-0.39, 0.29) is 18.0 Å². The molecule has 0 aromatic heterocycles. The van der Waals surface area contributed by atoms with Gasteiger partial charge in [-0.05, 0) is 41.8 Å². The summed E-state index contributed by atoms with van der Waals surface area (Å²) in [4.78, 5) is 23.4. The Morgan fingerprint density at radius 2 is 2.07 bits per heavy atom. The molecule has 1 amide bonds. The van der Waals surface area contributed by atoms with Gasteiger partial charge in [-0.25, -0.2) is 4.79 Å². The molecule has 5 nitrogen and oxygen atoms in total. The van der Waals surface area contributed by atoms with Gasteiger partial charge in [0.05, 0.1) is 24.2 Å². The zero-order chi connectivity index (χ0) is 19.4. The molecule has 1 aliphatic rings. The molecule has 0 radical (unpaired) electrons. The number of halogens is 1. The molecular formula is C21H22ClNO4. The summed E-state index contributed by atoms with van der Waals surface area (Å²) in [6.07, 6.45) is 1.87. The maximum atomic E-state index is 11.8. The highest BCUT2D eigenvalue weighted by molar-refractivity contribution is 6.32. The highest BCUT2D eigenvalue weighted by Crippen LogP contribution is 2.39. The number of carbonyl (C=O) groups is 2. The summed E-state index contributed by atoms with van der Waals surface area (Å²) < 4.78 is 10.7. The zero-order valence-corrected chi connectivity index (χ0v) is 16.1. The topological polar surface area (TPSA) is 64.6 Å². The normalized spacial score (nSPS) is 15.0. The fourth-order valence-electron chi connectivity index (χ4n) is 3.15. The van der Waals surface area contributed by atoms with Crippen LogP contribution in [0, 0.1) is 0 Å². The Bertz CT molecular complexity index is 865. The van der Waals surface area contributed by atoms with Gasteiger partial charge in [0.15, 0.2) is 0 Å². The van der Waals surface area contributed by atoms with Crippen molar-refractivity contribution >= 4 is 23.5 Å². The molecule has 6 heteroatoms. The second kappa shape index (κ2) is 8.44. The van der Waals surface area contributed by atoms with Crippen LogP contribution < -0.4 is 10.1 Å². The van der Waals surface area contributed by atoms with Crippen LogP contribution in [0.3, 0.4) is 0 Å². The van der Waals surface area contributed by atoms with Crippen LogP contribution >= 0.6 is 11.6 Å². The third kappa shape index (κ3) is 4.42. The van der Waals surface area contributed by atoms with Gasteiger partial charge >= 0.3 is 5.97 Å². The molecule has 0 spiro atoms. The number of benzene rings is 2. The van der Waals surface area contributed by atoms with Gasteiger partial charge in [-0.1, -0.05) is 30.7 Å². The molecule has 0 aliphatic carbocycles. The number of methoxy groups -OCH3 is 1. The van der Waals surface area contributed by atoms with Gasteiger partial charge in [-0.2, -0.15) is 0 Å². The van der Waals surface area contributed by atoms with E-state index in [1.54, 1.807) is 12.1 Å². The van der Waals surface area contributed by atoms with Gasteiger partial charge in [0.2, 0.25) is 5.91 Å². The van der Waals surface area contributed by atoms with Crippen LogP contribution in [0.25, 0.3) is 11.1 Å². The van der Waals surface area contributed by atoms with Crippen LogP contribution in [0.5, 0.6) is 5.75 Å². The van der Waals surface area contributed by atoms with E-state index in [1.165, 1.54) is 7.11 Å². The number of fused-ring (bicyclic) bond motifs is 1. The van der Waals surface area contributed by atoms with E-state index in [0.717, 1.165) is 23.1 Å². The Kier molecular flexibility index (Phi) is 6.01. The SMILES string of the molecule is CCCC(=O)NCC1Cc2cc(-c3cccc(C(=O)OC)c3)cc(Cl)c2O1. The van der Waals surface area contributed by atoms with E-state index in [2.05, 4.69) is 5.32 Å². The first-order chi connectivity index (χ1) is 13.0. The van der Waals surface area contributed by atoms with E-state index in [0.29, 0.717) is 35.7 Å². The molecule has 0 saturated carbocycles. The van der Waals surface area contributed by atoms with Crippen molar-refractivity contribution in [3.8, 4) is 16.9 Å². The van der Waals surface area contributed by atoms with Crippen LogP contribution in [0.15, 0.2) is 36.4 Å². The number of hydrogen-bond acceptors (Lipinski definition) is 4. The van der Waals surface area contributed by atoms with Crippen molar-refractivity contribution in [2.24, 2.45) is 0 Å². The number of amides is 1. The lowest BCUT2D eigenvalue weighted by molar-refractivity contribution is -0.121. The number of nitrogens with one attached hydrogen (secondary N) is 1. The smallest absolute Gasteiger partial charge is 0.337 e. The predicted octanol–water partition coefficient (Wildman–Crippen LogP) is 4.01. The molecule has 3 rings (SSSR count). The predicted molar refractivity (Wildman–Crippen MR) is 104 cm³/mol. The number of hydrogen-bond donors (Lipinski definition) is 1. The fraction of sp³-hybridized carbons (Fsp3) is 0.333. The first-order valence-electron chi connectivity index (χ1n) is 8.96. The minimum atomic E-state index is -0.379. The van der Waals surface area contributed by atoms with E-state index in [9.17, 15) is 9.59 Å². The second-order valence-corrected chi connectivity index (χ2v) is 6.92. The summed E-state index contributed by atoms with van der Waals surface area (Å²) in [6.45, 7) is 2.43. The highest BCUT2D eigenvalue weighted by Gasteiger charge is 2.26. The monoisotopic (exact) mass is 387 g/mol. The first kappa shape index (κ1) is 19.2. The van der Waals surface area contributed by atoms with Crippen LogP contribution in [0.4, 0.5) is 0 Å². The van der Waals surface area contributed by atoms with Gasteiger partial charge in [-0.15, -0.1) is 0 Å². The molecule has 1 atom stereocenters. The Morgan fingerprint density at radius 1 is 1.26 bits per heavy atom. The summed E-state index contributed by atoms with van der Waals surface area (Å²) in [5, 5.41) is 3.42. The Labute approximate surface area is 163 Å². The molecular weight excluding hydrogens is 366 g/mol. The second-order valence-electron chi connectivity index (χ2n) is 6.52. The third-order valence-corrected chi connectivity index (χ3v) is 4.75. The average Bonchev–Trinajstić information content (AvgIpc) is 3.10. The van der Waals surface area contributed by atoms with Crippen LogP contribution in [-0.2, 0) is 16.0 Å². The number of rotatable bonds is 6. The fourth-order valence-corrected chi connectivity index (χ4v) is 3.44. The van der Waals surface area contributed by atoms with Crippen molar-refractivity contribution in [3.63, 3.8) is 0 Å². The summed E-state index contributed by atoms with van der Waals surface area (Å²) >= 11 is 6.43. The van der Waals surface area contributed by atoms with Crippen molar-refractivity contribution in [2.75, 3.05) is 13.7 Å². The maximum Gasteiger partial charge on any atom is 0.337 e. The lowest BCUT2D eigenvalue weighted by Crippen LogP contribution is -2.34. The summed E-state index contributed by atoms with van der Waals surface area (Å²) in [7, 11) is 1.36. The molecule has 0 saturated heterocycles. The zero-order valence-electron chi connectivity index (χ0n) is 15.4. The van der Waals surface area contributed by atoms with Crippen molar-refractivity contribution in [2.45, 2.75) is 32.3 Å². The van der Waals surface area contributed by atoms with Crippen molar-refractivity contribution in [1.82, 2.24) is 5.32 Å². The standard InChI is InChI=1S/C21H22ClNO4/c1-3-5-19(24)23-12-17-10-16-9-15(11-18(22)20(16)27-17)13-6-4-7-14(8-13)21(25)26-2/h4,6-9,11,17H,3,5,10,12H2,1-2H3,(H,23,24). The van der Waals surface area contributed by atoms with Crippen LogP contribution in [-0.4, -0.2) is 31.6 Å². The van der Waals surface area contributed by atoms with Gasteiger partial charge in [0.25, 0.3) is 0 Å². The molecule has 0 fully saturated rings. The van der Waals surface area contributed by atoms with E-state index >= 15 is 0 Å². The van der Waals surface area contributed by atoms with Gasteiger partial charge in [-0.3, -0.25) is 4.79 Å². The highest BCUT2D eigenvalue weighted by atomic mass is 35.5. The molecule has 0 bridgehead atoms. The lowest BCUT2D eigenvalue weighted by atomic mass is 9.99. The quantitative estimate of drug-likeness (QED) is 0.760. The van der Waals surface area contributed by atoms with Crippen LogP contribution in [0.2, 0.25) is 5.02 Å².